The maximum atomic E-state index is 13.0. The minimum Gasteiger partial charge on any atom is -0.484 e. The van der Waals surface area contributed by atoms with Gasteiger partial charge in [0.25, 0.3) is 11.8 Å². The molecule has 5 rings (SSSR count). The van der Waals surface area contributed by atoms with Gasteiger partial charge in [-0.05, 0) is 36.7 Å². The lowest BCUT2D eigenvalue weighted by molar-refractivity contribution is 0.00750. The molecule has 2 N–H and O–H groups in total. The Hall–Kier alpha value is -2.93. The molecule has 3 aliphatic heterocycles. The van der Waals surface area contributed by atoms with Gasteiger partial charge in [-0.2, -0.15) is 0 Å². The predicted molar refractivity (Wildman–Crippen MR) is 107 cm³/mol. The molecule has 1 fully saturated rings. The molecule has 1 spiro atoms. The maximum absolute atomic E-state index is 13.0. The van der Waals surface area contributed by atoms with E-state index in [0.29, 0.717) is 56.0 Å². The van der Waals surface area contributed by atoms with E-state index < -0.39 is 5.60 Å². The van der Waals surface area contributed by atoms with Gasteiger partial charge in [-0.1, -0.05) is 18.2 Å². The van der Waals surface area contributed by atoms with E-state index in [1.54, 1.807) is 6.07 Å². The van der Waals surface area contributed by atoms with Crippen molar-refractivity contribution in [3.63, 3.8) is 0 Å². The van der Waals surface area contributed by atoms with Gasteiger partial charge in [-0.15, -0.1) is 0 Å². The van der Waals surface area contributed by atoms with Crippen molar-refractivity contribution in [2.45, 2.75) is 31.4 Å². The van der Waals surface area contributed by atoms with Crippen LogP contribution in [0.1, 0.15) is 44.9 Å². The van der Waals surface area contributed by atoms with E-state index in [1.165, 1.54) is 5.56 Å². The molecule has 3 aliphatic rings. The van der Waals surface area contributed by atoms with Crippen molar-refractivity contribution in [2.24, 2.45) is 0 Å². The number of hydrogen-bond donors (Lipinski definition) is 2. The van der Waals surface area contributed by atoms with E-state index in [0.717, 1.165) is 18.7 Å². The number of carbonyl (C=O) groups excluding carboxylic acids is 2. The number of aromatic nitrogens is 1. The molecule has 1 saturated heterocycles. The molecule has 1 aromatic heterocycles. The minimum absolute atomic E-state index is 0.0359. The second kappa shape index (κ2) is 7.15. The van der Waals surface area contributed by atoms with Gasteiger partial charge in [0.15, 0.2) is 0 Å². The van der Waals surface area contributed by atoms with E-state index in [1.807, 2.05) is 35.2 Å². The minimum atomic E-state index is -0.480. The molecule has 0 atom stereocenters. The number of nitrogens with one attached hydrogen (secondary N) is 2. The fourth-order valence-corrected chi connectivity index (χ4v) is 4.37. The lowest BCUT2D eigenvalue weighted by Gasteiger charge is -2.41. The van der Waals surface area contributed by atoms with Crippen molar-refractivity contribution in [3.8, 4) is 5.75 Å². The molecule has 0 bridgehead atoms. The number of ether oxygens (including phenoxy) is 1. The first-order valence-electron chi connectivity index (χ1n) is 10.2. The van der Waals surface area contributed by atoms with Crippen molar-refractivity contribution >= 4 is 11.8 Å². The summed E-state index contributed by atoms with van der Waals surface area (Å²) in [6.07, 6.45) is 2.28. The van der Waals surface area contributed by atoms with Crippen LogP contribution in [0.15, 0.2) is 36.4 Å². The van der Waals surface area contributed by atoms with Gasteiger partial charge < -0.3 is 20.3 Å². The number of rotatable bonds is 1. The molecule has 1 aromatic carbocycles. The predicted octanol–water partition coefficient (Wildman–Crippen LogP) is 1.52. The molecule has 2 amide bonds. The van der Waals surface area contributed by atoms with Crippen LogP contribution in [0.2, 0.25) is 0 Å². The van der Waals surface area contributed by atoms with Crippen LogP contribution in [-0.4, -0.2) is 53.5 Å². The highest BCUT2D eigenvalue weighted by molar-refractivity contribution is 5.97. The van der Waals surface area contributed by atoms with E-state index >= 15 is 0 Å². The summed E-state index contributed by atoms with van der Waals surface area (Å²) in [6.45, 7) is 3.27. The Morgan fingerprint density at radius 3 is 2.83 bits per heavy atom. The lowest BCUT2D eigenvalue weighted by Crippen LogP contribution is -2.54. The number of likely N-dealkylation sites (tertiary alicyclic amines) is 1. The zero-order valence-electron chi connectivity index (χ0n) is 16.2. The van der Waals surface area contributed by atoms with E-state index in [4.69, 9.17) is 4.74 Å². The molecular weight excluding hydrogens is 368 g/mol. The fourth-order valence-electron chi connectivity index (χ4n) is 4.37. The van der Waals surface area contributed by atoms with E-state index in [9.17, 15) is 9.59 Å². The molecule has 2 aromatic rings. The third kappa shape index (κ3) is 3.35. The summed E-state index contributed by atoms with van der Waals surface area (Å²) >= 11 is 0. The first-order valence-corrected chi connectivity index (χ1v) is 10.2. The molecule has 0 radical (unpaired) electrons. The maximum Gasteiger partial charge on any atom is 0.272 e. The number of hydrogen-bond acceptors (Lipinski definition) is 5. The SMILES string of the molecule is O=C1NCC2(CCN(C(=O)c3ccc4c(n3)CNCC4)CC2)Oc2ccccc21. The summed E-state index contributed by atoms with van der Waals surface area (Å²) in [5.41, 5.74) is 2.78. The monoisotopic (exact) mass is 392 g/mol. The Labute approximate surface area is 169 Å². The standard InChI is InChI=1S/C22H24N4O3/c27-20-16-3-1-2-4-19(16)29-22(14-24-20)8-11-26(12-9-22)21(28)17-6-5-15-7-10-23-13-18(15)25-17/h1-6,23H,7-14H2,(H,24,27). The highest BCUT2D eigenvalue weighted by atomic mass is 16.5. The average molecular weight is 392 g/mol. The third-order valence-electron chi connectivity index (χ3n) is 6.14. The summed E-state index contributed by atoms with van der Waals surface area (Å²) in [5, 5.41) is 6.29. The zero-order chi connectivity index (χ0) is 19.8. The van der Waals surface area contributed by atoms with Crippen molar-refractivity contribution in [1.82, 2.24) is 20.5 Å². The molecule has 7 heteroatoms. The highest BCUT2D eigenvalue weighted by Gasteiger charge is 2.41. The summed E-state index contributed by atoms with van der Waals surface area (Å²) < 4.78 is 6.32. The van der Waals surface area contributed by atoms with Crippen LogP contribution >= 0.6 is 0 Å². The van der Waals surface area contributed by atoms with Crippen LogP contribution in [-0.2, 0) is 13.0 Å². The van der Waals surface area contributed by atoms with Crippen LogP contribution in [0.5, 0.6) is 5.75 Å². The van der Waals surface area contributed by atoms with Gasteiger partial charge >= 0.3 is 0 Å². The van der Waals surface area contributed by atoms with Crippen molar-refractivity contribution in [2.75, 3.05) is 26.2 Å². The van der Waals surface area contributed by atoms with Crippen LogP contribution in [0.25, 0.3) is 0 Å². The normalized spacial score (nSPS) is 20.1. The largest absolute Gasteiger partial charge is 0.484 e. The summed E-state index contributed by atoms with van der Waals surface area (Å²) in [5.74, 6) is 0.472. The van der Waals surface area contributed by atoms with Crippen LogP contribution in [0, 0.1) is 0 Å². The molecule has 7 nitrogen and oxygen atoms in total. The molecule has 0 unspecified atom stereocenters. The smallest absolute Gasteiger partial charge is 0.272 e. The summed E-state index contributed by atoms with van der Waals surface area (Å²) in [7, 11) is 0. The van der Waals surface area contributed by atoms with Crippen LogP contribution < -0.4 is 15.4 Å². The van der Waals surface area contributed by atoms with Crippen LogP contribution in [0.4, 0.5) is 0 Å². The molecule has 4 heterocycles. The van der Waals surface area contributed by atoms with Gasteiger partial charge in [0.05, 0.1) is 17.8 Å². The first kappa shape index (κ1) is 18.1. The molecular formula is C22H24N4O3. The second-order valence-electron chi connectivity index (χ2n) is 7.99. The number of nitrogens with zero attached hydrogens (tertiary/aromatic N) is 2. The number of para-hydroxylation sites is 1. The summed E-state index contributed by atoms with van der Waals surface area (Å²) in [6, 6.07) is 11.2. The average Bonchev–Trinajstić information content (AvgIpc) is 2.90. The number of amides is 2. The Bertz CT molecular complexity index is 966. The number of fused-ring (bicyclic) bond motifs is 2. The van der Waals surface area contributed by atoms with Gasteiger partial charge in [0.1, 0.15) is 17.0 Å². The highest BCUT2D eigenvalue weighted by Crippen LogP contribution is 2.33. The van der Waals surface area contributed by atoms with E-state index in [2.05, 4.69) is 15.6 Å². The van der Waals surface area contributed by atoms with Gasteiger partial charge in [0.2, 0.25) is 0 Å². The summed E-state index contributed by atoms with van der Waals surface area (Å²) in [4.78, 5) is 31.8. The molecule has 29 heavy (non-hydrogen) atoms. The Morgan fingerprint density at radius 2 is 1.97 bits per heavy atom. The zero-order valence-corrected chi connectivity index (χ0v) is 16.2. The van der Waals surface area contributed by atoms with Gasteiger partial charge in [-0.3, -0.25) is 9.59 Å². The number of benzene rings is 1. The van der Waals surface area contributed by atoms with Crippen LogP contribution in [0.3, 0.4) is 0 Å². The molecule has 0 aliphatic carbocycles. The van der Waals surface area contributed by atoms with Gasteiger partial charge in [-0.25, -0.2) is 4.98 Å². The van der Waals surface area contributed by atoms with E-state index in [-0.39, 0.29) is 11.8 Å². The molecule has 150 valence electrons. The Morgan fingerprint density at radius 1 is 1.14 bits per heavy atom. The van der Waals surface area contributed by atoms with Crippen molar-refractivity contribution < 1.29 is 14.3 Å². The van der Waals surface area contributed by atoms with Gasteiger partial charge in [0, 0.05) is 32.5 Å². The first-order chi connectivity index (χ1) is 14.1. The second-order valence-corrected chi connectivity index (χ2v) is 7.99. The third-order valence-corrected chi connectivity index (χ3v) is 6.14. The number of piperidine rings is 1. The lowest BCUT2D eigenvalue weighted by atomic mass is 9.90. The Kier molecular flexibility index (Phi) is 4.47. The topological polar surface area (TPSA) is 83.6 Å². The number of carbonyl (C=O) groups is 2. The van der Waals surface area contributed by atoms with Crippen molar-refractivity contribution in [1.29, 1.82) is 0 Å². The van der Waals surface area contributed by atoms with Crippen molar-refractivity contribution in [3.05, 3.63) is 58.9 Å². The quantitative estimate of drug-likeness (QED) is 0.769. The Balaban J connectivity index is 1.30. The number of pyridine rings is 1. The molecule has 0 saturated carbocycles. The fraction of sp³-hybridized carbons (Fsp3) is 0.409.